The Labute approximate surface area is 52.5 Å². The van der Waals surface area contributed by atoms with E-state index in [1.54, 1.807) is 0 Å². The summed E-state index contributed by atoms with van der Waals surface area (Å²) in [6.45, 7) is 3.31. The second kappa shape index (κ2) is 2.93. The number of halogens is 1. The van der Waals surface area contributed by atoms with E-state index in [0.717, 1.165) is 0 Å². The summed E-state index contributed by atoms with van der Waals surface area (Å²) in [5, 5.41) is 0.271. The molecule has 0 aliphatic rings. The van der Waals surface area contributed by atoms with Gasteiger partial charge in [-0.2, -0.15) is 0 Å². The van der Waals surface area contributed by atoms with Crippen LogP contribution in [0.1, 0.15) is 0 Å². The van der Waals surface area contributed by atoms with Crippen molar-refractivity contribution in [2.45, 2.75) is 0 Å². The van der Waals surface area contributed by atoms with E-state index < -0.39 is 0 Å². The van der Waals surface area contributed by atoms with Crippen LogP contribution in [0, 0.1) is 0 Å². The molecule has 0 unspecified atom stereocenters. The van der Waals surface area contributed by atoms with Gasteiger partial charge < -0.3 is 5.73 Å². The van der Waals surface area contributed by atoms with Crippen LogP contribution in [-0.4, -0.2) is 5.29 Å². The van der Waals surface area contributed by atoms with Gasteiger partial charge in [0.15, 0.2) is 5.29 Å². The number of nitrogens with two attached hydrogens (primary N) is 1. The first kappa shape index (κ1) is 6.85. The normalized spacial score (nSPS) is 11.4. The van der Waals surface area contributed by atoms with Gasteiger partial charge in [0, 0.05) is 0 Å². The summed E-state index contributed by atoms with van der Waals surface area (Å²) in [6, 6.07) is 0. The molecular formula is C3H5ClN2S. The number of thiol groups is 1. The summed E-state index contributed by atoms with van der Waals surface area (Å²) in [7, 11) is 0. The molecule has 0 aliphatic carbocycles. The van der Waals surface area contributed by atoms with Crippen LogP contribution < -0.4 is 5.73 Å². The summed E-state index contributed by atoms with van der Waals surface area (Å²) < 4.78 is 0. The van der Waals surface area contributed by atoms with Crippen LogP contribution in [-0.2, 0) is 0 Å². The third-order valence-electron chi connectivity index (χ3n) is 0.236. The fourth-order valence-electron chi connectivity index (χ4n) is 0.123. The zero-order valence-corrected chi connectivity index (χ0v) is 5.21. The lowest BCUT2D eigenvalue weighted by Gasteiger charge is -1.82. The van der Waals surface area contributed by atoms with Crippen molar-refractivity contribution in [2.24, 2.45) is 10.7 Å². The van der Waals surface area contributed by atoms with E-state index in [2.05, 4.69) is 24.2 Å². The maximum absolute atomic E-state index is 5.09. The first-order chi connectivity index (χ1) is 3.13. The highest BCUT2D eigenvalue weighted by Gasteiger charge is 1.78. The molecule has 0 fully saturated rings. The third kappa shape index (κ3) is 5.85. The third-order valence-corrected chi connectivity index (χ3v) is 0.420. The number of rotatable bonds is 1. The van der Waals surface area contributed by atoms with Crippen LogP contribution >= 0.6 is 24.2 Å². The van der Waals surface area contributed by atoms with Crippen LogP contribution in [0.3, 0.4) is 0 Å². The molecule has 0 aliphatic heterocycles. The summed E-state index contributed by atoms with van der Waals surface area (Å²) in [4.78, 5) is 3.41. The van der Waals surface area contributed by atoms with Gasteiger partial charge in [-0.3, -0.25) is 0 Å². The highest BCUT2D eigenvalue weighted by molar-refractivity contribution is 7.84. The predicted octanol–water partition coefficient (Wildman–Crippen LogP) is 0.941. The molecule has 0 atom stereocenters. The fraction of sp³-hybridized carbons (Fsp3) is 0. The Balaban J connectivity index is 3.68. The molecule has 0 radical (unpaired) electrons. The lowest BCUT2D eigenvalue weighted by Crippen LogP contribution is -2.00. The molecule has 0 aromatic rings. The monoisotopic (exact) mass is 136 g/mol. The van der Waals surface area contributed by atoms with Gasteiger partial charge in [-0.25, -0.2) is 4.99 Å². The van der Waals surface area contributed by atoms with E-state index in [9.17, 15) is 0 Å². The largest absolute Gasteiger partial charge is 0.374 e. The minimum Gasteiger partial charge on any atom is -0.374 e. The van der Waals surface area contributed by atoms with Crippen molar-refractivity contribution >= 4 is 29.5 Å². The van der Waals surface area contributed by atoms with E-state index in [4.69, 9.17) is 17.3 Å². The fourth-order valence-corrected chi connectivity index (χ4v) is 0.392. The quantitative estimate of drug-likeness (QED) is 0.240. The summed E-state index contributed by atoms with van der Waals surface area (Å²) in [6.07, 6.45) is 0. The second-order valence-corrected chi connectivity index (χ2v) is 1.75. The molecule has 4 heteroatoms. The van der Waals surface area contributed by atoms with Crippen LogP contribution in [0.4, 0.5) is 0 Å². The Morgan fingerprint density at radius 2 is 2.29 bits per heavy atom. The molecule has 0 saturated carbocycles. The molecule has 7 heavy (non-hydrogen) atoms. The standard InChI is InChI=1S/C3H5ClN2S/c1-2(7)6-3(4)5/h7H,1H2,(H2,5,6). The summed E-state index contributed by atoms with van der Waals surface area (Å²) in [5.74, 6) is 0. The van der Waals surface area contributed by atoms with Gasteiger partial charge in [-0.1, -0.05) is 6.58 Å². The second-order valence-electron chi connectivity index (χ2n) is 0.851. The SMILES string of the molecule is C=C(S)N=C(N)Cl. The van der Waals surface area contributed by atoms with Gasteiger partial charge >= 0.3 is 0 Å². The van der Waals surface area contributed by atoms with E-state index in [1.165, 1.54) is 0 Å². The molecule has 2 N–H and O–H groups in total. The molecule has 0 rings (SSSR count). The maximum Gasteiger partial charge on any atom is 0.194 e. The van der Waals surface area contributed by atoms with Crippen LogP contribution in [0.15, 0.2) is 16.6 Å². The van der Waals surface area contributed by atoms with Gasteiger partial charge in [0.2, 0.25) is 0 Å². The number of nitrogens with zero attached hydrogens (tertiary/aromatic N) is 1. The molecule has 0 amide bonds. The van der Waals surface area contributed by atoms with Crippen LogP contribution in [0.5, 0.6) is 0 Å². The number of amidine groups is 1. The molecule has 0 heterocycles. The van der Waals surface area contributed by atoms with Crippen molar-refractivity contribution in [1.82, 2.24) is 0 Å². The topological polar surface area (TPSA) is 38.4 Å². The van der Waals surface area contributed by atoms with Crippen LogP contribution in [0.25, 0.3) is 0 Å². The van der Waals surface area contributed by atoms with Crippen molar-refractivity contribution < 1.29 is 0 Å². The van der Waals surface area contributed by atoms with E-state index in [0.29, 0.717) is 5.03 Å². The highest BCUT2D eigenvalue weighted by atomic mass is 35.5. The average molecular weight is 137 g/mol. The first-order valence-electron chi connectivity index (χ1n) is 1.50. The summed E-state index contributed by atoms with van der Waals surface area (Å²) in [5.41, 5.74) is 4.90. The summed E-state index contributed by atoms with van der Waals surface area (Å²) >= 11 is 8.78. The van der Waals surface area contributed by atoms with E-state index in [1.807, 2.05) is 0 Å². The molecule has 2 nitrogen and oxygen atoms in total. The van der Waals surface area contributed by atoms with Crippen LogP contribution in [0.2, 0.25) is 0 Å². The van der Waals surface area contributed by atoms with Crippen molar-refractivity contribution in [2.75, 3.05) is 0 Å². The van der Waals surface area contributed by atoms with Crippen molar-refractivity contribution in [3.63, 3.8) is 0 Å². The Hall–Kier alpha value is -0.150. The molecule has 40 valence electrons. The maximum atomic E-state index is 5.09. The highest BCUT2D eigenvalue weighted by Crippen LogP contribution is 1.96. The zero-order chi connectivity index (χ0) is 5.86. The van der Waals surface area contributed by atoms with Gasteiger partial charge in [0.1, 0.15) is 0 Å². The molecular weight excluding hydrogens is 132 g/mol. The lowest BCUT2D eigenvalue weighted by molar-refractivity contribution is 1.53. The smallest absolute Gasteiger partial charge is 0.194 e. The Morgan fingerprint density at radius 3 is 2.29 bits per heavy atom. The molecule has 0 bridgehead atoms. The van der Waals surface area contributed by atoms with E-state index in [-0.39, 0.29) is 5.29 Å². The van der Waals surface area contributed by atoms with Gasteiger partial charge in [0.25, 0.3) is 0 Å². The van der Waals surface area contributed by atoms with Crippen molar-refractivity contribution in [3.05, 3.63) is 11.6 Å². The number of aliphatic imine (C=N–C) groups is 1. The van der Waals surface area contributed by atoms with Crippen molar-refractivity contribution in [3.8, 4) is 0 Å². The lowest BCUT2D eigenvalue weighted by atomic mass is 11.0. The average Bonchev–Trinajstić information content (AvgIpc) is 1.27. The Bertz CT molecular complexity index is 106. The predicted molar refractivity (Wildman–Crippen MR) is 35.6 cm³/mol. The first-order valence-corrected chi connectivity index (χ1v) is 2.33. The van der Waals surface area contributed by atoms with Crippen molar-refractivity contribution in [1.29, 1.82) is 0 Å². The van der Waals surface area contributed by atoms with Gasteiger partial charge in [-0.05, 0) is 11.6 Å². The Morgan fingerprint density at radius 1 is 1.86 bits per heavy atom. The van der Waals surface area contributed by atoms with Gasteiger partial charge in [0.05, 0.1) is 5.03 Å². The minimum atomic E-state index is -0.0417. The molecule has 0 spiro atoms. The number of hydrogen-bond acceptors (Lipinski definition) is 2. The van der Waals surface area contributed by atoms with E-state index >= 15 is 0 Å². The van der Waals surface area contributed by atoms with Gasteiger partial charge in [-0.15, -0.1) is 12.6 Å². The number of hydrogen-bond donors (Lipinski definition) is 2. The molecule has 0 aromatic heterocycles. The zero-order valence-electron chi connectivity index (χ0n) is 3.56. The molecule has 0 saturated heterocycles. The Kier molecular flexibility index (Phi) is 2.87. The molecule has 0 aromatic carbocycles. The minimum absolute atomic E-state index is 0.0417.